The van der Waals surface area contributed by atoms with Crippen molar-refractivity contribution in [1.29, 1.82) is 0 Å². The molecule has 4 heteroatoms. The fraction of sp³-hybridized carbons (Fsp3) is 0.250. The van der Waals surface area contributed by atoms with E-state index in [1.54, 1.807) is 0 Å². The van der Waals surface area contributed by atoms with Crippen molar-refractivity contribution >= 4 is 31.9 Å². The van der Waals surface area contributed by atoms with Gasteiger partial charge in [-0.1, -0.05) is 44.0 Å². The van der Waals surface area contributed by atoms with Gasteiger partial charge >= 0.3 is 0 Å². The lowest BCUT2D eigenvalue weighted by atomic mass is 9.93. The van der Waals surface area contributed by atoms with Crippen LogP contribution in [-0.4, -0.2) is 11.7 Å². The van der Waals surface area contributed by atoms with Crippen LogP contribution in [-0.2, 0) is 12.8 Å². The van der Waals surface area contributed by atoms with E-state index in [0.717, 1.165) is 26.5 Å². The molecule has 1 unspecified atom stereocenters. The highest BCUT2D eigenvalue weighted by atomic mass is 79.9. The van der Waals surface area contributed by atoms with Crippen LogP contribution in [0.3, 0.4) is 0 Å². The highest BCUT2D eigenvalue weighted by Gasteiger charge is 2.11. The fourth-order valence-corrected chi connectivity index (χ4v) is 3.22. The topological polar surface area (TPSA) is 20.2 Å². The van der Waals surface area contributed by atoms with Gasteiger partial charge in [0.05, 0.1) is 0 Å². The number of hydrogen-bond donors (Lipinski definition) is 1. The van der Waals surface area contributed by atoms with Gasteiger partial charge in [-0.2, -0.15) is 0 Å². The van der Waals surface area contributed by atoms with E-state index in [2.05, 4.69) is 31.9 Å². The first-order valence-corrected chi connectivity index (χ1v) is 7.95. The Balaban J connectivity index is 2.09. The van der Waals surface area contributed by atoms with Crippen molar-refractivity contribution in [2.75, 3.05) is 6.61 Å². The molecule has 0 aliphatic carbocycles. The van der Waals surface area contributed by atoms with E-state index >= 15 is 0 Å². The van der Waals surface area contributed by atoms with Gasteiger partial charge in [0.2, 0.25) is 0 Å². The highest BCUT2D eigenvalue weighted by molar-refractivity contribution is 9.10. The molecule has 0 amide bonds. The molecule has 20 heavy (non-hydrogen) atoms. The standard InChI is InChI=1S/C16H15Br2FO/c17-14-3-1-2-11(6-14)4-13(10-20)5-12-7-15(18)9-16(19)8-12/h1-3,6-9,13,20H,4-5,10H2. The molecular weight excluding hydrogens is 387 g/mol. The van der Waals surface area contributed by atoms with Crippen molar-refractivity contribution < 1.29 is 9.50 Å². The van der Waals surface area contributed by atoms with Crippen LogP contribution in [0.25, 0.3) is 0 Å². The van der Waals surface area contributed by atoms with E-state index < -0.39 is 0 Å². The van der Waals surface area contributed by atoms with E-state index in [0.29, 0.717) is 6.42 Å². The summed E-state index contributed by atoms with van der Waals surface area (Å²) in [7, 11) is 0. The zero-order chi connectivity index (χ0) is 14.5. The first-order chi connectivity index (χ1) is 9.56. The van der Waals surface area contributed by atoms with E-state index in [9.17, 15) is 9.50 Å². The van der Waals surface area contributed by atoms with E-state index in [4.69, 9.17) is 0 Å². The van der Waals surface area contributed by atoms with Crippen molar-refractivity contribution in [2.45, 2.75) is 12.8 Å². The molecule has 106 valence electrons. The Kier molecular flexibility index (Phi) is 5.75. The lowest BCUT2D eigenvalue weighted by Crippen LogP contribution is -2.13. The minimum Gasteiger partial charge on any atom is -0.396 e. The zero-order valence-corrected chi connectivity index (χ0v) is 14.0. The van der Waals surface area contributed by atoms with Gasteiger partial charge in [0.15, 0.2) is 0 Å². The fourth-order valence-electron chi connectivity index (χ4n) is 2.26. The number of benzene rings is 2. The molecule has 2 aromatic carbocycles. The molecule has 0 bridgehead atoms. The molecule has 0 saturated heterocycles. The third-order valence-corrected chi connectivity index (χ3v) is 4.07. The lowest BCUT2D eigenvalue weighted by Gasteiger charge is -2.15. The predicted molar refractivity (Wildman–Crippen MR) is 86.2 cm³/mol. The first-order valence-electron chi connectivity index (χ1n) is 6.37. The number of rotatable bonds is 5. The minimum atomic E-state index is -0.256. The number of hydrogen-bond acceptors (Lipinski definition) is 1. The molecule has 0 aliphatic rings. The van der Waals surface area contributed by atoms with E-state index in [-0.39, 0.29) is 18.3 Å². The Hall–Kier alpha value is -0.710. The quantitative estimate of drug-likeness (QED) is 0.766. The van der Waals surface area contributed by atoms with Crippen LogP contribution in [0.15, 0.2) is 51.4 Å². The summed E-state index contributed by atoms with van der Waals surface area (Å²) in [6.07, 6.45) is 1.42. The Morgan fingerprint density at radius 2 is 1.65 bits per heavy atom. The van der Waals surface area contributed by atoms with Crippen LogP contribution in [0.5, 0.6) is 0 Å². The summed E-state index contributed by atoms with van der Waals surface area (Å²) in [5.74, 6) is -0.175. The van der Waals surface area contributed by atoms with Crippen LogP contribution in [0, 0.1) is 11.7 Å². The average Bonchev–Trinajstić information content (AvgIpc) is 2.36. The number of halogens is 3. The maximum Gasteiger partial charge on any atom is 0.124 e. The second kappa shape index (κ2) is 7.34. The predicted octanol–water partition coefficient (Wildman–Crippen LogP) is 4.74. The molecule has 0 fully saturated rings. The van der Waals surface area contributed by atoms with Gasteiger partial charge in [0, 0.05) is 15.6 Å². The van der Waals surface area contributed by atoms with Crippen molar-refractivity contribution in [3.8, 4) is 0 Å². The second-order valence-electron chi connectivity index (χ2n) is 4.86. The normalized spacial score (nSPS) is 12.4. The molecule has 1 nitrogen and oxygen atoms in total. The van der Waals surface area contributed by atoms with Gasteiger partial charge in [-0.15, -0.1) is 0 Å². The maximum atomic E-state index is 13.4. The van der Waals surface area contributed by atoms with Gasteiger partial charge < -0.3 is 5.11 Å². The molecule has 0 spiro atoms. The van der Waals surface area contributed by atoms with Gasteiger partial charge in [-0.25, -0.2) is 4.39 Å². The Labute approximate surface area is 135 Å². The summed E-state index contributed by atoms with van der Waals surface area (Å²) >= 11 is 6.73. The third kappa shape index (κ3) is 4.69. The molecule has 2 rings (SSSR count). The molecule has 0 radical (unpaired) electrons. The third-order valence-electron chi connectivity index (χ3n) is 3.12. The van der Waals surface area contributed by atoms with Crippen molar-refractivity contribution in [2.24, 2.45) is 5.92 Å². The van der Waals surface area contributed by atoms with Crippen LogP contribution in [0.4, 0.5) is 4.39 Å². The average molecular weight is 402 g/mol. The van der Waals surface area contributed by atoms with E-state index in [1.807, 2.05) is 30.3 Å². The molecule has 1 atom stereocenters. The summed E-state index contributed by atoms with van der Waals surface area (Å²) in [4.78, 5) is 0. The van der Waals surface area contributed by atoms with Gasteiger partial charge in [-0.05, 0) is 60.2 Å². The van der Waals surface area contributed by atoms with Crippen LogP contribution in [0.1, 0.15) is 11.1 Å². The van der Waals surface area contributed by atoms with Gasteiger partial charge in [-0.3, -0.25) is 0 Å². The summed E-state index contributed by atoms with van der Waals surface area (Å²) in [5, 5.41) is 9.54. The zero-order valence-electron chi connectivity index (χ0n) is 10.8. The monoisotopic (exact) mass is 400 g/mol. The van der Waals surface area contributed by atoms with Crippen molar-refractivity contribution in [3.63, 3.8) is 0 Å². The molecule has 0 saturated carbocycles. The van der Waals surface area contributed by atoms with Crippen LogP contribution < -0.4 is 0 Å². The molecule has 1 N–H and O–H groups in total. The Morgan fingerprint density at radius 1 is 0.950 bits per heavy atom. The summed E-state index contributed by atoms with van der Waals surface area (Å²) in [6.45, 7) is 0.0840. The Morgan fingerprint density at radius 3 is 2.30 bits per heavy atom. The first kappa shape index (κ1) is 15.7. The van der Waals surface area contributed by atoms with E-state index in [1.165, 1.54) is 12.1 Å². The molecule has 0 aliphatic heterocycles. The molecule has 0 heterocycles. The molecular formula is C16H15Br2FO. The van der Waals surface area contributed by atoms with Crippen LogP contribution >= 0.6 is 31.9 Å². The maximum absolute atomic E-state index is 13.4. The summed E-state index contributed by atoms with van der Waals surface area (Å²) in [6, 6.07) is 12.9. The summed E-state index contributed by atoms with van der Waals surface area (Å²) < 4.78 is 15.1. The largest absolute Gasteiger partial charge is 0.396 e. The van der Waals surface area contributed by atoms with Gasteiger partial charge in [0.25, 0.3) is 0 Å². The number of aliphatic hydroxyl groups is 1. The minimum absolute atomic E-state index is 0.0815. The summed E-state index contributed by atoms with van der Waals surface area (Å²) in [5.41, 5.74) is 2.06. The van der Waals surface area contributed by atoms with Gasteiger partial charge in [0.1, 0.15) is 5.82 Å². The van der Waals surface area contributed by atoms with Crippen molar-refractivity contribution in [3.05, 3.63) is 68.4 Å². The lowest BCUT2D eigenvalue weighted by molar-refractivity contribution is 0.225. The Bertz CT molecular complexity index is 566. The number of aliphatic hydroxyl groups excluding tert-OH is 1. The second-order valence-corrected chi connectivity index (χ2v) is 6.70. The van der Waals surface area contributed by atoms with Crippen molar-refractivity contribution in [1.82, 2.24) is 0 Å². The van der Waals surface area contributed by atoms with Crippen LogP contribution in [0.2, 0.25) is 0 Å². The molecule has 0 aromatic heterocycles. The SMILES string of the molecule is OCC(Cc1cccc(Br)c1)Cc1cc(F)cc(Br)c1. The molecule has 2 aromatic rings. The highest BCUT2D eigenvalue weighted by Crippen LogP contribution is 2.21. The smallest absolute Gasteiger partial charge is 0.124 e.